The van der Waals surface area contributed by atoms with Gasteiger partial charge in [0.1, 0.15) is 6.33 Å². The second-order valence-electron chi connectivity index (χ2n) is 3.17. The Kier molecular flexibility index (Phi) is 2.80. The third-order valence-corrected chi connectivity index (χ3v) is 3.69. The summed E-state index contributed by atoms with van der Waals surface area (Å²) >= 11 is 1.84. The summed E-state index contributed by atoms with van der Waals surface area (Å²) in [6, 6.07) is 0. The van der Waals surface area contributed by atoms with Gasteiger partial charge in [0, 0.05) is 23.2 Å². The van der Waals surface area contributed by atoms with Crippen molar-refractivity contribution in [2.75, 3.05) is 5.75 Å². The Balaban J connectivity index is 2.08. The molecule has 1 aromatic heterocycles. The van der Waals surface area contributed by atoms with Crippen LogP contribution in [0.5, 0.6) is 0 Å². The van der Waals surface area contributed by atoms with Crippen molar-refractivity contribution in [1.82, 2.24) is 9.97 Å². The Bertz CT molecular complexity index is 262. The lowest BCUT2D eigenvalue weighted by Crippen LogP contribution is -2.12. The summed E-state index contributed by atoms with van der Waals surface area (Å²) in [4.78, 5) is 7.79. The van der Waals surface area contributed by atoms with Gasteiger partial charge in [0.05, 0.1) is 6.10 Å². The lowest BCUT2D eigenvalue weighted by atomic mass is 10.1. The van der Waals surface area contributed by atoms with Crippen LogP contribution in [0.25, 0.3) is 0 Å². The quantitative estimate of drug-likeness (QED) is 0.776. The lowest BCUT2D eigenvalue weighted by Gasteiger charge is -2.15. The highest BCUT2D eigenvalue weighted by Gasteiger charge is 2.25. The van der Waals surface area contributed by atoms with Crippen LogP contribution in [-0.2, 0) is 0 Å². The molecule has 1 N–H and O–H groups in total. The molecule has 70 valence electrons. The molecular formula is C9H12N2OS. The Morgan fingerprint density at radius 2 is 2.23 bits per heavy atom. The van der Waals surface area contributed by atoms with Gasteiger partial charge < -0.3 is 5.11 Å². The Labute approximate surface area is 81.6 Å². The van der Waals surface area contributed by atoms with Gasteiger partial charge in [-0.3, -0.25) is 0 Å². The van der Waals surface area contributed by atoms with E-state index in [1.54, 1.807) is 12.4 Å². The molecule has 0 radical (unpaired) electrons. The van der Waals surface area contributed by atoms with E-state index in [9.17, 15) is 5.11 Å². The number of hydrogen-bond donors (Lipinski definition) is 1. The molecule has 0 amide bonds. The van der Waals surface area contributed by atoms with Crippen molar-refractivity contribution in [1.29, 1.82) is 0 Å². The second kappa shape index (κ2) is 4.07. The van der Waals surface area contributed by atoms with Crippen LogP contribution in [0.2, 0.25) is 0 Å². The van der Waals surface area contributed by atoms with Crippen molar-refractivity contribution in [3.8, 4) is 0 Å². The SMILES string of the molecule is OC(c1cncnc1)C1CCCS1. The molecule has 0 aliphatic carbocycles. The van der Waals surface area contributed by atoms with E-state index in [2.05, 4.69) is 9.97 Å². The maximum absolute atomic E-state index is 9.92. The van der Waals surface area contributed by atoms with Gasteiger partial charge in [-0.2, -0.15) is 11.8 Å². The molecule has 13 heavy (non-hydrogen) atoms. The van der Waals surface area contributed by atoms with Gasteiger partial charge in [-0.1, -0.05) is 0 Å². The normalized spacial score (nSPS) is 24.5. The van der Waals surface area contributed by atoms with E-state index in [1.165, 1.54) is 12.7 Å². The second-order valence-corrected chi connectivity index (χ2v) is 4.52. The fourth-order valence-corrected chi connectivity index (χ4v) is 2.84. The fourth-order valence-electron chi connectivity index (χ4n) is 1.53. The van der Waals surface area contributed by atoms with Crippen molar-refractivity contribution in [2.24, 2.45) is 0 Å². The van der Waals surface area contributed by atoms with Gasteiger partial charge in [-0.05, 0) is 18.6 Å². The van der Waals surface area contributed by atoms with Gasteiger partial charge in [-0.25, -0.2) is 9.97 Å². The molecule has 0 spiro atoms. The average molecular weight is 196 g/mol. The molecule has 2 rings (SSSR count). The summed E-state index contributed by atoms with van der Waals surface area (Å²) < 4.78 is 0. The molecule has 2 heterocycles. The van der Waals surface area contributed by atoms with Crippen LogP contribution in [0, 0.1) is 0 Å². The van der Waals surface area contributed by atoms with Crippen LogP contribution in [0.3, 0.4) is 0 Å². The highest BCUT2D eigenvalue weighted by molar-refractivity contribution is 8.00. The monoisotopic (exact) mass is 196 g/mol. The van der Waals surface area contributed by atoms with Crippen LogP contribution in [-0.4, -0.2) is 26.1 Å². The number of hydrogen-bond acceptors (Lipinski definition) is 4. The first-order chi connectivity index (χ1) is 6.38. The van der Waals surface area contributed by atoms with Crippen LogP contribution in [0.15, 0.2) is 18.7 Å². The largest absolute Gasteiger partial charge is 0.387 e. The van der Waals surface area contributed by atoms with E-state index in [1.807, 2.05) is 11.8 Å². The number of thioether (sulfide) groups is 1. The summed E-state index contributed by atoms with van der Waals surface area (Å²) in [6.45, 7) is 0. The number of aliphatic hydroxyl groups excluding tert-OH is 1. The summed E-state index contributed by atoms with van der Waals surface area (Å²) in [5.74, 6) is 1.16. The molecule has 1 saturated heterocycles. The first kappa shape index (κ1) is 8.97. The Morgan fingerprint density at radius 1 is 1.46 bits per heavy atom. The molecule has 0 saturated carbocycles. The van der Waals surface area contributed by atoms with Crippen molar-refractivity contribution >= 4 is 11.8 Å². The molecular weight excluding hydrogens is 184 g/mol. The van der Waals surface area contributed by atoms with E-state index in [4.69, 9.17) is 0 Å². The van der Waals surface area contributed by atoms with Gasteiger partial charge in [0.25, 0.3) is 0 Å². The smallest absolute Gasteiger partial charge is 0.115 e. The molecule has 2 atom stereocenters. The minimum absolute atomic E-state index is 0.339. The van der Waals surface area contributed by atoms with E-state index in [0.29, 0.717) is 5.25 Å². The van der Waals surface area contributed by atoms with E-state index < -0.39 is 6.10 Å². The summed E-state index contributed by atoms with van der Waals surface area (Å²) in [7, 11) is 0. The lowest BCUT2D eigenvalue weighted by molar-refractivity contribution is 0.172. The summed E-state index contributed by atoms with van der Waals surface area (Å²) in [5, 5.41) is 10.3. The highest BCUT2D eigenvalue weighted by Crippen LogP contribution is 2.35. The Morgan fingerprint density at radius 3 is 2.85 bits per heavy atom. The topological polar surface area (TPSA) is 46.0 Å². The number of nitrogens with zero attached hydrogens (tertiary/aromatic N) is 2. The van der Waals surface area contributed by atoms with Crippen molar-refractivity contribution in [3.05, 3.63) is 24.3 Å². The molecule has 0 bridgehead atoms. The maximum Gasteiger partial charge on any atom is 0.115 e. The van der Waals surface area contributed by atoms with Gasteiger partial charge in [-0.15, -0.1) is 0 Å². The molecule has 1 aromatic rings. The number of aliphatic hydroxyl groups is 1. The first-order valence-electron chi connectivity index (χ1n) is 4.42. The minimum Gasteiger partial charge on any atom is -0.387 e. The zero-order valence-corrected chi connectivity index (χ0v) is 8.07. The molecule has 2 unspecified atom stereocenters. The standard InChI is InChI=1S/C9H12N2OS/c12-9(8-2-1-3-13-8)7-4-10-6-11-5-7/h4-6,8-9,12H,1-3H2. The van der Waals surface area contributed by atoms with Gasteiger partial charge in [0.15, 0.2) is 0 Å². The molecule has 1 aliphatic heterocycles. The van der Waals surface area contributed by atoms with E-state index in [0.717, 1.165) is 17.7 Å². The van der Waals surface area contributed by atoms with Crippen LogP contribution >= 0.6 is 11.8 Å². The Hall–Kier alpha value is -0.610. The molecule has 4 heteroatoms. The molecule has 1 aliphatic rings. The molecule has 3 nitrogen and oxygen atoms in total. The number of aromatic nitrogens is 2. The van der Waals surface area contributed by atoms with Crippen molar-refractivity contribution in [3.63, 3.8) is 0 Å². The zero-order chi connectivity index (χ0) is 9.10. The van der Waals surface area contributed by atoms with E-state index in [-0.39, 0.29) is 0 Å². The third kappa shape index (κ3) is 2.00. The summed E-state index contributed by atoms with van der Waals surface area (Å²) in [5.41, 5.74) is 0.835. The van der Waals surface area contributed by atoms with Crippen LogP contribution in [0.4, 0.5) is 0 Å². The van der Waals surface area contributed by atoms with E-state index >= 15 is 0 Å². The minimum atomic E-state index is -0.395. The maximum atomic E-state index is 9.92. The average Bonchev–Trinajstić information content (AvgIpc) is 2.71. The zero-order valence-electron chi connectivity index (χ0n) is 7.26. The predicted octanol–water partition coefficient (Wildman–Crippen LogP) is 1.41. The van der Waals surface area contributed by atoms with Gasteiger partial charge in [0.2, 0.25) is 0 Å². The van der Waals surface area contributed by atoms with Crippen LogP contribution in [0.1, 0.15) is 24.5 Å². The highest BCUT2D eigenvalue weighted by atomic mass is 32.2. The molecule has 1 fully saturated rings. The third-order valence-electron chi connectivity index (χ3n) is 2.24. The van der Waals surface area contributed by atoms with Crippen molar-refractivity contribution < 1.29 is 5.11 Å². The predicted molar refractivity (Wildman–Crippen MR) is 52.5 cm³/mol. The van der Waals surface area contributed by atoms with Gasteiger partial charge >= 0.3 is 0 Å². The fraction of sp³-hybridized carbons (Fsp3) is 0.556. The first-order valence-corrected chi connectivity index (χ1v) is 5.47. The van der Waals surface area contributed by atoms with Crippen LogP contribution < -0.4 is 0 Å². The molecule has 0 aromatic carbocycles. The number of rotatable bonds is 2. The summed E-state index contributed by atoms with van der Waals surface area (Å²) in [6.07, 6.45) is 6.78. The van der Waals surface area contributed by atoms with Crippen molar-refractivity contribution in [2.45, 2.75) is 24.2 Å².